The number of guanidine groups is 1. The molecule has 0 aromatic carbocycles. The minimum atomic E-state index is 0.894. The predicted molar refractivity (Wildman–Crippen MR) is 105 cm³/mol. The van der Waals surface area contributed by atoms with E-state index < -0.39 is 0 Å². The largest absolute Gasteiger partial charge is 0.379 e. The Bertz CT molecular complexity index is 363. The first kappa shape index (κ1) is 20.5. The summed E-state index contributed by atoms with van der Waals surface area (Å²) in [4.78, 5) is 9.42. The van der Waals surface area contributed by atoms with Crippen molar-refractivity contribution < 1.29 is 4.74 Å². The molecular weight excluding hydrogens is 314 g/mol. The number of hydrogen-bond acceptors (Lipinski definition) is 4. The van der Waals surface area contributed by atoms with Gasteiger partial charge in [-0.2, -0.15) is 0 Å². The van der Waals surface area contributed by atoms with Crippen LogP contribution in [-0.4, -0.2) is 88.4 Å². The van der Waals surface area contributed by atoms with Crippen molar-refractivity contribution in [1.29, 1.82) is 0 Å². The molecule has 0 spiro atoms. The average molecular weight is 354 g/mol. The Morgan fingerprint density at radius 1 is 0.920 bits per heavy atom. The van der Waals surface area contributed by atoms with Crippen molar-refractivity contribution in [3.05, 3.63) is 0 Å². The molecular formula is C19H39N5O. The minimum Gasteiger partial charge on any atom is -0.379 e. The second-order valence-electron chi connectivity index (χ2n) is 7.46. The maximum Gasteiger partial charge on any atom is 0.190 e. The van der Waals surface area contributed by atoms with Crippen LogP contribution in [-0.2, 0) is 4.74 Å². The molecule has 0 bridgehead atoms. The van der Waals surface area contributed by atoms with E-state index in [1.807, 2.05) is 7.05 Å². The van der Waals surface area contributed by atoms with Crippen LogP contribution in [0.3, 0.4) is 0 Å². The van der Waals surface area contributed by atoms with Crippen LogP contribution in [0.15, 0.2) is 4.99 Å². The normalized spacial score (nSPS) is 21.4. The number of unbranched alkanes of at least 4 members (excludes halogenated alkanes) is 1. The molecule has 2 aliphatic heterocycles. The molecule has 25 heavy (non-hydrogen) atoms. The third-order valence-corrected chi connectivity index (χ3v) is 5.34. The summed E-state index contributed by atoms with van der Waals surface area (Å²) < 4.78 is 5.38. The summed E-state index contributed by atoms with van der Waals surface area (Å²) in [6.45, 7) is 13.3. The van der Waals surface area contributed by atoms with Crippen LogP contribution in [0.25, 0.3) is 0 Å². The molecule has 146 valence electrons. The molecule has 0 unspecified atom stereocenters. The van der Waals surface area contributed by atoms with E-state index in [0.717, 1.165) is 51.3 Å². The van der Waals surface area contributed by atoms with Gasteiger partial charge in [0.15, 0.2) is 5.96 Å². The number of likely N-dealkylation sites (tertiary alicyclic amines) is 1. The van der Waals surface area contributed by atoms with Crippen LogP contribution in [0, 0.1) is 5.92 Å². The first-order chi connectivity index (χ1) is 12.3. The summed E-state index contributed by atoms with van der Waals surface area (Å²) in [6, 6.07) is 0. The van der Waals surface area contributed by atoms with E-state index in [1.54, 1.807) is 0 Å². The molecule has 6 heteroatoms. The van der Waals surface area contributed by atoms with E-state index in [4.69, 9.17) is 4.74 Å². The number of ether oxygens (including phenoxy) is 1. The number of nitrogens with one attached hydrogen (secondary N) is 2. The molecule has 6 nitrogen and oxygen atoms in total. The van der Waals surface area contributed by atoms with Crippen LogP contribution in [0.1, 0.15) is 39.0 Å². The van der Waals surface area contributed by atoms with E-state index in [-0.39, 0.29) is 0 Å². The fraction of sp³-hybridized carbons (Fsp3) is 0.947. The maximum atomic E-state index is 5.38. The summed E-state index contributed by atoms with van der Waals surface area (Å²) in [5, 5.41) is 6.88. The summed E-state index contributed by atoms with van der Waals surface area (Å²) in [5.41, 5.74) is 0. The first-order valence-electron chi connectivity index (χ1n) is 10.2. The molecule has 2 saturated heterocycles. The van der Waals surface area contributed by atoms with Gasteiger partial charge in [0.1, 0.15) is 0 Å². The predicted octanol–water partition coefficient (Wildman–Crippen LogP) is 1.39. The zero-order chi connectivity index (χ0) is 17.7. The van der Waals surface area contributed by atoms with E-state index >= 15 is 0 Å². The molecule has 0 aromatic rings. The number of rotatable bonds is 9. The molecule has 2 rings (SSSR count). The summed E-state index contributed by atoms with van der Waals surface area (Å²) >= 11 is 0. The van der Waals surface area contributed by atoms with Gasteiger partial charge >= 0.3 is 0 Å². The third-order valence-electron chi connectivity index (χ3n) is 5.34. The molecule has 2 aliphatic rings. The van der Waals surface area contributed by atoms with Gasteiger partial charge in [-0.3, -0.25) is 9.89 Å². The van der Waals surface area contributed by atoms with E-state index in [9.17, 15) is 0 Å². The highest BCUT2D eigenvalue weighted by molar-refractivity contribution is 5.79. The second kappa shape index (κ2) is 12.5. The van der Waals surface area contributed by atoms with E-state index in [1.165, 1.54) is 58.3 Å². The van der Waals surface area contributed by atoms with Crippen LogP contribution in [0.4, 0.5) is 0 Å². The number of nitrogens with zero attached hydrogens (tertiary/aromatic N) is 3. The quantitative estimate of drug-likeness (QED) is 0.373. The van der Waals surface area contributed by atoms with Gasteiger partial charge in [-0.1, -0.05) is 6.92 Å². The van der Waals surface area contributed by atoms with Gasteiger partial charge in [0, 0.05) is 33.2 Å². The Hall–Kier alpha value is -0.850. The molecule has 2 heterocycles. The lowest BCUT2D eigenvalue weighted by Gasteiger charge is -2.30. The highest BCUT2D eigenvalue weighted by Crippen LogP contribution is 2.15. The Morgan fingerprint density at radius 3 is 2.20 bits per heavy atom. The second-order valence-corrected chi connectivity index (χ2v) is 7.46. The van der Waals surface area contributed by atoms with Gasteiger partial charge in [0.25, 0.3) is 0 Å². The Morgan fingerprint density at radius 2 is 1.52 bits per heavy atom. The van der Waals surface area contributed by atoms with Crippen molar-refractivity contribution in [2.75, 3.05) is 72.6 Å². The summed E-state index contributed by atoms with van der Waals surface area (Å²) in [7, 11) is 1.86. The highest BCUT2D eigenvalue weighted by Gasteiger charge is 2.14. The Balaban J connectivity index is 1.43. The zero-order valence-electron chi connectivity index (χ0n) is 16.4. The zero-order valence-corrected chi connectivity index (χ0v) is 16.4. The molecule has 2 N–H and O–H groups in total. The molecule has 2 fully saturated rings. The van der Waals surface area contributed by atoms with Crippen LogP contribution >= 0.6 is 0 Å². The third kappa shape index (κ3) is 8.88. The topological polar surface area (TPSA) is 52.1 Å². The van der Waals surface area contributed by atoms with Crippen LogP contribution in [0.2, 0.25) is 0 Å². The van der Waals surface area contributed by atoms with Crippen LogP contribution < -0.4 is 10.6 Å². The first-order valence-corrected chi connectivity index (χ1v) is 10.2. The number of hydrogen-bond donors (Lipinski definition) is 2. The highest BCUT2D eigenvalue weighted by atomic mass is 16.5. The lowest BCUT2D eigenvalue weighted by molar-refractivity contribution is 0.0372. The number of piperidine rings is 1. The molecule has 0 saturated carbocycles. The molecule has 0 aromatic heterocycles. The SMILES string of the molecule is CN=C(NCCCCN1CCOCC1)NCCCN1CCC(C)CC1. The summed E-state index contributed by atoms with van der Waals surface area (Å²) in [6.07, 6.45) is 6.33. The van der Waals surface area contributed by atoms with Gasteiger partial charge in [-0.05, 0) is 64.2 Å². The average Bonchev–Trinajstić information content (AvgIpc) is 2.65. The van der Waals surface area contributed by atoms with E-state index in [0.29, 0.717) is 0 Å². The van der Waals surface area contributed by atoms with E-state index in [2.05, 4.69) is 32.3 Å². The van der Waals surface area contributed by atoms with Crippen molar-refractivity contribution in [2.24, 2.45) is 10.9 Å². The van der Waals surface area contributed by atoms with Gasteiger partial charge in [-0.15, -0.1) is 0 Å². The van der Waals surface area contributed by atoms with Crippen LogP contribution in [0.5, 0.6) is 0 Å². The van der Waals surface area contributed by atoms with Crippen molar-refractivity contribution in [2.45, 2.75) is 39.0 Å². The summed E-state index contributed by atoms with van der Waals surface area (Å²) in [5.74, 6) is 1.86. The monoisotopic (exact) mass is 353 g/mol. The van der Waals surface area contributed by atoms with Crippen molar-refractivity contribution in [3.63, 3.8) is 0 Å². The smallest absolute Gasteiger partial charge is 0.190 e. The lowest BCUT2D eigenvalue weighted by atomic mass is 9.99. The molecule has 0 amide bonds. The van der Waals surface area contributed by atoms with Crippen molar-refractivity contribution in [3.8, 4) is 0 Å². The lowest BCUT2D eigenvalue weighted by Crippen LogP contribution is -2.40. The molecule has 0 aliphatic carbocycles. The number of aliphatic imine (C=N–C) groups is 1. The van der Waals surface area contributed by atoms with Crippen molar-refractivity contribution in [1.82, 2.24) is 20.4 Å². The minimum absolute atomic E-state index is 0.894. The maximum absolute atomic E-state index is 5.38. The fourth-order valence-electron chi connectivity index (χ4n) is 3.51. The molecule has 0 atom stereocenters. The molecule has 0 radical (unpaired) electrons. The Labute approximate surface area is 154 Å². The van der Waals surface area contributed by atoms with Gasteiger partial charge in [0.05, 0.1) is 13.2 Å². The Kier molecular flexibility index (Phi) is 10.2. The number of morpholine rings is 1. The standard InChI is InChI=1S/C19H39N5O/c1-18-6-12-23(13-7-18)11-5-9-22-19(20-2)21-8-3-4-10-24-14-16-25-17-15-24/h18H,3-17H2,1-2H3,(H2,20,21,22). The van der Waals surface area contributed by atoms with Crippen molar-refractivity contribution >= 4 is 5.96 Å². The fourth-order valence-corrected chi connectivity index (χ4v) is 3.51. The van der Waals surface area contributed by atoms with Gasteiger partial charge < -0.3 is 20.3 Å². The van der Waals surface area contributed by atoms with Gasteiger partial charge in [-0.25, -0.2) is 0 Å². The van der Waals surface area contributed by atoms with Gasteiger partial charge in [0.2, 0.25) is 0 Å².